The summed E-state index contributed by atoms with van der Waals surface area (Å²) < 4.78 is 2.42. The van der Waals surface area contributed by atoms with Crippen LogP contribution in [-0.4, -0.2) is 15.5 Å². The number of fused-ring (bicyclic) bond motifs is 6. The lowest BCUT2D eigenvalue weighted by molar-refractivity contribution is 0.664. The maximum atomic E-state index is 5.20. The quantitative estimate of drug-likeness (QED) is 0.199. The van der Waals surface area contributed by atoms with Crippen LogP contribution in [0, 0.1) is 0 Å². The number of allylic oxidation sites excluding steroid dienone is 4. The molecule has 1 N–H and O–H groups in total. The summed E-state index contributed by atoms with van der Waals surface area (Å²) in [6, 6.07) is 52.5. The first-order valence-corrected chi connectivity index (χ1v) is 18.1. The van der Waals surface area contributed by atoms with E-state index in [-0.39, 0.29) is 6.17 Å². The van der Waals surface area contributed by atoms with E-state index in [4.69, 9.17) is 4.99 Å². The smallest absolute Gasteiger partial charge is 0.145 e. The molecule has 238 valence electrons. The van der Waals surface area contributed by atoms with E-state index in [0.29, 0.717) is 11.2 Å². The maximum Gasteiger partial charge on any atom is 0.145 e. The summed E-state index contributed by atoms with van der Waals surface area (Å²) in [4.78, 5) is 6.61. The molecule has 0 amide bonds. The number of rotatable bonds is 5. The van der Waals surface area contributed by atoms with Crippen molar-refractivity contribution < 1.29 is 0 Å². The van der Waals surface area contributed by atoms with Crippen molar-refractivity contribution in [3.8, 4) is 16.8 Å². The fraction of sp³-hybridized carbons (Fsp3) is 0.0652. The van der Waals surface area contributed by atoms with Crippen LogP contribution in [0.1, 0.15) is 34.3 Å². The summed E-state index contributed by atoms with van der Waals surface area (Å²) in [6.45, 7) is 0. The van der Waals surface area contributed by atoms with Crippen LogP contribution in [-0.2, 0) is 0 Å². The molecule has 50 heavy (non-hydrogen) atoms. The van der Waals surface area contributed by atoms with Gasteiger partial charge in [-0.2, -0.15) is 0 Å². The topological polar surface area (TPSA) is 29.3 Å². The van der Waals surface area contributed by atoms with Gasteiger partial charge in [0, 0.05) is 38.2 Å². The lowest BCUT2D eigenvalue weighted by Gasteiger charge is -2.25. The third-order valence-corrected chi connectivity index (χ3v) is 11.6. The van der Waals surface area contributed by atoms with Gasteiger partial charge in [-0.3, -0.25) is 4.99 Å². The van der Waals surface area contributed by atoms with E-state index in [1.54, 1.807) is 0 Å². The minimum atomic E-state index is -0.213. The van der Waals surface area contributed by atoms with E-state index < -0.39 is 0 Å². The molecule has 3 heterocycles. The molecular weight excluding hydrogens is 627 g/mol. The predicted molar refractivity (Wildman–Crippen MR) is 210 cm³/mol. The molecule has 3 atom stereocenters. The molecule has 0 fully saturated rings. The molecule has 0 radical (unpaired) electrons. The molecular formula is C46H33N3S. The van der Waals surface area contributed by atoms with Crippen molar-refractivity contribution in [3.05, 3.63) is 198 Å². The average molecular weight is 660 g/mol. The van der Waals surface area contributed by atoms with E-state index in [0.717, 1.165) is 33.8 Å². The van der Waals surface area contributed by atoms with Crippen LogP contribution in [0.25, 0.3) is 44.3 Å². The Bertz CT molecular complexity index is 2540. The van der Waals surface area contributed by atoms with E-state index >= 15 is 0 Å². The number of benzene rings is 6. The largest absolute Gasteiger partial charge is 0.360 e. The molecule has 3 aliphatic rings. The Morgan fingerprint density at radius 3 is 2.18 bits per heavy atom. The van der Waals surface area contributed by atoms with Crippen molar-refractivity contribution in [2.24, 2.45) is 4.99 Å². The monoisotopic (exact) mass is 659 g/mol. The molecule has 1 aromatic heterocycles. The van der Waals surface area contributed by atoms with E-state index in [2.05, 4.69) is 180 Å². The molecule has 7 aromatic rings. The zero-order valence-corrected chi connectivity index (χ0v) is 28.1. The van der Waals surface area contributed by atoms with Gasteiger partial charge in [-0.15, -0.1) is 11.8 Å². The number of hydrogen-bond acceptors (Lipinski definition) is 3. The van der Waals surface area contributed by atoms with Crippen LogP contribution in [0.3, 0.4) is 0 Å². The Kier molecular flexibility index (Phi) is 6.95. The van der Waals surface area contributed by atoms with Crippen LogP contribution < -0.4 is 5.32 Å². The van der Waals surface area contributed by atoms with Gasteiger partial charge < -0.3 is 9.88 Å². The van der Waals surface area contributed by atoms with Crippen molar-refractivity contribution in [2.75, 3.05) is 0 Å². The van der Waals surface area contributed by atoms with E-state index in [1.807, 2.05) is 17.8 Å². The Morgan fingerprint density at radius 2 is 1.34 bits per heavy atom. The fourth-order valence-electron chi connectivity index (χ4n) is 7.76. The van der Waals surface area contributed by atoms with Gasteiger partial charge in [0.2, 0.25) is 0 Å². The second-order valence-corrected chi connectivity index (χ2v) is 14.3. The lowest BCUT2D eigenvalue weighted by atomic mass is 9.90. The Balaban J connectivity index is 1.06. The molecule has 0 bridgehead atoms. The van der Waals surface area contributed by atoms with E-state index in [9.17, 15) is 0 Å². The SMILES string of the molecule is C1=CC2Sc3c(-c4ccc5c6ccccc6n(-c6ccc(C7N=C(c8ccccc8)C=C(c8ccccc8)N7)cc6)c5c4)cccc3C2C=C1. The first-order valence-electron chi connectivity index (χ1n) is 17.2. The molecule has 3 unspecified atom stereocenters. The summed E-state index contributed by atoms with van der Waals surface area (Å²) in [5.74, 6) is 0.444. The van der Waals surface area contributed by atoms with Crippen molar-refractivity contribution in [1.29, 1.82) is 0 Å². The number of para-hydroxylation sites is 1. The van der Waals surface area contributed by atoms with Crippen molar-refractivity contribution >= 4 is 45.0 Å². The van der Waals surface area contributed by atoms with Gasteiger partial charge in [0.15, 0.2) is 0 Å². The summed E-state index contributed by atoms with van der Waals surface area (Å²) in [7, 11) is 0. The number of thioether (sulfide) groups is 1. The molecule has 2 aliphatic heterocycles. The van der Waals surface area contributed by atoms with Crippen LogP contribution >= 0.6 is 11.8 Å². The fourth-order valence-corrected chi connectivity index (χ4v) is 9.24. The van der Waals surface area contributed by atoms with Crippen LogP contribution in [0.15, 0.2) is 186 Å². The third kappa shape index (κ3) is 4.87. The van der Waals surface area contributed by atoms with Crippen LogP contribution in [0.2, 0.25) is 0 Å². The average Bonchev–Trinajstić information content (AvgIpc) is 3.74. The van der Waals surface area contributed by atoms with Crippen LogP contribution in [0.4, 0.5) is 0 Å². The molecule has 6 aromatic carbocycles. The number of aliphatic imine (C=N–C) groups is 1. The summed E-state index contributed by atoms with van der Waals surface area (Å²) in [5.41, 5.74) is 13.0. The number of nitrogens with one attached hydrogen (secondary N) is 1. The van der Waals surface area contributed by atoms with Gasteiger partial charge in [-0.1, -0.05) is 146 Å². The highest BCUT2D eigenvalue weighted by Crippen LogP contribution is 2.52. The second-order valence-electron chi connectivity index (χ2n) is 13.1. The number of hydrogen-bond donors (Lipinski definition) is 1. The zero-order valence-electron chi connectivity index (χ0n) is 27.3. The van der Waals surface area contributed by atoms with Gasteiger partial charge in [0.05, 0.1) is 16.7 Å². The van der Waals surface area contributed by atoms with Gasteiger partial charge in [0.25, 0.3) is 0 Å². The Labute approximate surface area is 296 Å². The van der Waals surface area contributed by atoms with Crippen LogP contribution in [0.5, 0.6) is 0 Å². The normalized spacial score (nSPS) is 19.2. The minimum absolute atomic E-state index is 0.213. The molecule has 4 heteroatoms. The highest BCUT2D eigenvalue weighted by molar-refractivity contribution is 8.00. The molecule has 3 nitrogen and oxygen atoms in total. The highest BCUT2D eigenvalue weighted by atomic mass is 32.2. The van der Waals surface area contributed by atoms with Gasteiger partial charge >= 0.3 is 0 Å². The van der Waals surface area contributed by atoms with Crippen molar-refractivity contribution in [3.63, 3.8) is 0 Å². The maximum absolute atomic E-state index is 5.20. The number of aromatic nitrogens is 1. The van der Waals surface area contributed by atoms with Crippen molar-refractivity contribution in [1.82, 2.24) is 9.88 Å². The lowest BCUT2D eigenvalue weighted by Crippen LogP contribution is -2.24. The van der Waals surface area contributed by atoms with Gasteiger partial charge in [0.1, 0.15) is 6.17 Å². The second kappa shape index (κ2) is 11.9. The Hall–Kier alpha value is -5.84. The molecule has 0 spiro atoms. The first-order chi connectivity index (χ1) is 24.8. The third-order valence-electron chi connectivity index (χ3n) is 10.2. The molecule has 0 saturated heterocycles. The standard InChI is InChI=1S/C46H33N3S/c1-3-12-30(13-4-1)40-29-41(31-14-5-2-6-15-31)48-46(47-40)32-22-25-34(26-23-32)49-42-20-9-7-16-36(42)37-27-24-33(28-43(37)49)35-18-11-19-39-38-17-8-10-21-44(38)50-45(35)39/h1-29,38,44,46-47H. The highest BCUT2D eigenvalue weighted by Gasteiger charge is 2.32. The summed E-state index contributed by atoms with van der Waals surface area (Å²) >= 11 is 2.00. The number of nitrogens with zero attached hydrogens (tertiary/aromatic N) is 2. The van der Waals surface area contributed by atoms with Gasteiger partial charge in [-0.05, 0) is 63.7 Å². The molecule has 10 rings (SSSR count). The minimum Gasteiger partial charge on any atom is -0.360 e. The molecule has 0 saturated carbocycles. The van der Waals surface area contributed by atoms with Crippen molar-refractivity contribution in [2.45, 2.75) is 22.2 Å². The first kappa shape index (κ1) is 29.1. The Morgan fingerprint density at radius 1 is 0.600 bits per heavy atom. The summed E-state index contributed by atoms with van der Waals surface area (Å²) in [5, 5.41) is 6.71. The van der Waals surface area contributed by atoms with Gasteiger partial charge in [-0.25, -0.2) is 0 Å². The summed E-state index contributed by atoms with van der Waals surface area (Å²) in [6.07, 6.45) is 11.0. The molecule has 1 aliphatic carbocycles. The predicted octanol–water partition coefficient (Wildman–Crippen LogP) is 11.3. The zero-order chi connectivity index (χ0) is 33.0. The van der Waals surface area contributed by atoms with E-state index in [1.165, 1.54) is 43.4 Å².